The summed E-state index contributed by atoms with van der Waals surface area (Å²) >= 11 is 0. The number of carbonyl (C=O) groups excluding carboxylic acids is 2. The molecule has 1 aromatic rings. The highest BCUT2D eigenvalue weighted by Crippen LogP contribution is 2.20. The van der Waals surface area contributed by atoms with Crippen LogP contribution in [0.1, 0.15) is 0 Å². The molecule has 0 radical (unpaired) electrons. The van der Waals surface area contributed by atoms with Crippen molar-refractivity contribution in [1.82, 2.24) is 5.32 Å². The zero-order valence-corrected chi connectivity index (χ0v) is 13.3. The van der Waals surface area contributed by atoms with Gasteiger partial charge in [-0.25, -0.2) is 0 Å². The van der Waals surface area contributed by atoms with Gasteiger partial charge in [-0.3, -0.25) is 14.9 Å². The summed E-state index contributed by atoms with van der Waals surface area (Å²) in [5.74, 6) is -0.829. The molecule has 2 amide bonds. The lowest BCUT2D eigenvalue weighted by Gasteiger charge is -2.27. The SMILES string of the molecule is NC[C@@H](NCC(F)(F)F)C(=O)Nc1ccc(N2CCOCC2=O)cc1. The second-order valence-corrected chi connectivity index (χ2v) is 5.42. The van der Waals surface area contributed by atoms with Gasteiger partial charge in [-0.05, 0) is 24.3 Å². The molecule has 1 atom stereocenters. The van der Waals surface area contributed by atoms with E-state index in [1.54, 1.807) is 29.2 Å². The Bertz CT molecular complexity index is 607. The number of halogens is 3. The van der Waals surface area contributed by atoms with Crippen molar-refractivity contribution < 1.29 is 27.5 Å². The number of carbonyl (C=O) groups is 2. The highest BCUT2D eigenvalue weighted by Gasteiger charge is 2.29. The third-order valence-electron chi connectivity index (χ3n) is 3.53. The van der Waals surface area contributed by atoms with Crippen LogP contribution >= 0.6 is 0 Å². The largest absolute Gasteiger partial charge is 0.401 e. The van der Waals surface area contributed by atoms with Gasteiger partial charge in [0.2, 0.25) is 5.91 Å². The molecule has 0 spiro atoms. The van der Waals surface area contributed by atoms with Crippen molar-refractivity contribution in [2.24, 2.45) is 5.73 Å². The zero-order valence-electron chi connectivity index (χ0n) is 13.3. The number of hydrogen-bond acceptors (Lipinski definition) is 5. The molecule has 1 saturated heterocycles. The number of alkyl halides is 3. The van der Waals surface area contributed by atoms with Crippen molar-refractivity contribution in [3.05, 3.63) is 24.3 Å². The third-order valence-corrected chi connectivity index (χ3v) is 3.53. The second-order valence-electron chi connectivity index (χ2n) is 5.42. The van der Waals surface area contributed by atoms with Crippen LogP contribution in [-0.2, 0) is 14.3 Å². The number of morpholine rings is 1. The fraction of sp³-hybridized carbons (Fsp3) is 0.467. The lowest BCUT2D eigenvalue weighted by molar-refractivity contribution is -0.130. The summed E-state index contributed by atoms with van der Waals surface area (Å²) in [7, 11) is 0. The predicted octanol–water partition coefficient (Wildman–Crippen LogP) is 0.468. The van der Waals surface area contributed by atoms with Gasteiger partial charge < -0.3 is 20.7 Å². The third kappa shape index (κ3) is 5.69. The summed E-state index contributed by atoms with van der Waals surface area (Å²) in [6, 6.07) is 5.24. The average molecular weight is 360 g/mol. The molecule has 4 N–H and O–H groups in total. The Morgan fingerprint density at radius 1 is 1.32 bits per heavy atom. The number of ether oxygens (including phenoxy) is 1. The number of amides is 2. The first-order valence-corrected chi connectivity index (χ1v) is 7.59. The van der Waals surface area contributed by atoms with Gasteiger partial charge in [-0.1, -0.05) is 0 Å². The maximum absolute atomic E-state index is 12.2. The fourth-order valence-corrected chi connectivity index (χ4v) is 2.27. The first-order chi connectivity index (χ1) is 11.8. The number of hydrogen-bond donors (Lipinski definition) is 3. The monoisotopic (exact) mass is 360 g/mol. The van der Waals surface area contributed by atoms with E-state index in [9.17, 15) is 22.8 Å². The maximum Gasteiger partial charge on any atom is 0.401 e. The molecule has 1 aromatic carbocycles. The molecule has 1 fully saturated rings. The van der Waals surface area contributed by atoms with Gasteiger partial charge in [-0.15, -0.1) is 0 Å². The molecule has 7 nitrogen and oxygen atoms in total. The Kier molecular flexibility index (Phi) is 6.34. The van der Waals surface area contributed by atoms with Gasteiger partial charge in [0.25, 0.3) is 5.91 Å². The van der Waals surface area contributed by atoms with Gasteiger partial charge in [0.05, 0.1) is 19.2 Å². The molecular weight excluding hydrogens is 341 g/mol. The summed E-state index contributed by atoms with van der Waals surface area (Å²) in [5.41, 5.74) is 6.39. The molecule has 1 aliphatic heterocycles. The number of anilines is 2. The summed E-state index contributed by atoms with van der Waals surface area (Å²) in [6.45, 7) is -0.696. The van der Waals surface area contributed by atoms with E-state index < -0.39 is 24.7 Å². The lowest BCUT2D eigenvalue weighted by Crippen LogP contribution is -2.48. The Morgan fingerprint density at radius 2 is 2.00 bits per heavy atom. The number of rotatable bonds is 6. The van der Waals surface area contributed by atoms with E-state index in [1.807, 2.05) is 0 Å². The van der Waals surface area contributed by atoms with Crippen molar-refractivity contribution in [3.8, 4) is 0 Å². The van der Waals surface area contributed by atoms with Crippen LogP contribution in [0, 0.1) is 0 Å². The first kappa shape index (κ1) is 19.2. The summed E-state index contributed by atoms with van der Waals surface area (Å²) in [6.07, 6.45) is -4.43. The van der Waals surface area contributed by atoms with Crippen molar-refractivity contribution in [1.29, 1.82) is 0 Å². The molecule has 1 aliphatic rings. The Morgan fingerprint density at radius 3 is 2.56 bits per heavy atom. The van der Waals surface area contributed by atoms with Crippen LogP contribution in [0.25, 0.3) is 0 Å². The molecule has 10 heteroatoms. The minimum absolute atomic E-state index is 0.0154. The van der Waals surface area contributed by atoms with Gasteiger partial charge in [0, 0.05) is 24.5 Å². The molecule has 0 bridgehead atoms. The molecule has 2 rings (SSSR count). The van der Waals surface area contributed by atoms with Crippen LogP contribution in [-0.4, -0.2) is 56.9 Å². The molecule has 0 saturated carbocycles. The van der Waals surface area contributed by atoms with Gasteiger partial charge in [0.1, 0.15) is 6.61 Å². The van der Waals surface area contributed by atoms with Gasteiger partial charge >= 0.3 is 6.18 Å². The quantitative estimate of drug-likeness (QED) is 0.685. The van der Waals surface area contributed by atoms with E-state index in [0.29, 0.717) is 24.5 Å². The molecule has 1 heterocycles. The van der Waals surface area contributed by atoms with Crippen LogP contribution in [0.5, 0.6) is 0 Å². The van der Waals surface area contributed by atoms with E-state index in [0.717, 1.165) is 0 Å². The van der Waals surface area contributed by atoms with Gasteiger partial charge in [-0.2, -0.15) is 13.2 Å². The molecular formula is C15H19F3N4O3. The Hall–Kier alpha value is -2.17. The predicted molar refractivity (Wildman–Crippen MR) is 85.1 cm³/mol. The number of benzene rings is 1. The highest BCUT2D eigenvalue weighted by atomic mass is 19.4. The van der Waals surface area contributed by atoms with E-state index in [4.69, 9.17) is 10.5 Å². The Balaban J connectivity index is 1.95. The summed E-state index contributed by atoms with van der Waals surface area (Å²) < 4.78 is 41.7. The van der Waals surface area contributed by atoms with Crippen molar-refractivity contribution >= 4 is 23.2 Å². The fourth-order valence-electron chi connectivity index (χ4n) is 2.27. The number of nitrogens with two attached hydrogens (primary N) is 1. The molecule has 138 valence electrons. The first-order valence-electron chi connectivity index (χ1n) is 7.59. The summed E-state index contributed by atoms with van der Waals surface area (Å²) in [5, 5.41) is 4.56. The van der Waals surface area contributed by atoms with Crippen molar-refractivity contribution in [2.75, 3.05) is 43.1 Å². The number of nitrogens with zero attached hydrogens (tertiary/aromatic N) is 1. The van der Waals surface area contributed by atoms with Crippen LogP contribution in [0.4, 0.5) is 24.5 Å². The normalized spacial score (nSPS) is 16.6. The molecule has 25 heavy (non-hydrogen) atoms. The minimum Gasteiger partial charge on any atom is -0.370 e. The molecule has 0 aromatic heterocycles. The minimum atomic E-state index is -4.43. The standard InChI is InChI=1S/C15H19F3N4O3/c16-15(17,18)9-20-12(7-19)14(24)21-10-1-3-11(4-2-10)22-5-6-25-8-13(22)23/h1-4,12,20H,5-9,19H2,(H,21,24)/t12-/m1/s1. The Labute approximate surface area is 142 Å². The smallest absolute Gasteiger partial charge is 0.370 e. The van der Waals surface area contributed by atoms with Crippen molar-refractivity contribution in [2.45, 2.75) is 12.2 Å². The average Bonchev–Trinajstić information content (AvgIpc) is 2.56. The van der Waals surface area contributed by atoms with Crippen LogP contribution in [0.2, 0.25) is 0 Å². The van der Waals surface area contributed by atoms with Gasteiger partial charge in [0.15, 0.2) is 0 Å². The van der Waals surface area contributed by atoms with E-state index in [1.165, 1.54) is 0 Å². The topological polar surface area (TPSA) is 96.7 Å². The second kappa shape index (κ2) is 8.28. The maximum atomic E-state index is 12.2. The van der Waals surface area contributed by atoms with E-state index in [2.05, 4.69) is 10.6 Å². The summed E-state index contributed by atoms with van der Waals surface area (Å²) in [4.78, 5) is 25.3. The van der Waals surface area contributed by atoms with Crippen LogP contribution in [0.15, 0.2) is 24.3 Å². The highest BCUT2D eigenvalue weighted by molar-refractivity contribution is 5.97. The van der Waals surface area contributed by atoms with Crippen LogP contribution in [0.3, 0.4) is 0 Å². The van der Waals surface area contributed by atoms with E-state index >= 15 is 0 Å². The lowest BCUT2D eigenvalue weighted by atomic mass is 10.2. The van der Waals surface area contributed by atoms with Crippen molar-refractivity contribution in [3.63, 3.8) is 0 Å². The van der Waals surface area contributed by atoms with Crippen LogP contribution < -0.4 is 21.3 Å². The molecule has 0 aliphatic carbocycles. The molecule has 0 unspecified atom stereocenters. The van der Waals surface area contributed by atoms with E-state index in [-0.39, 0.29) is 19.1 Å². The number of nitrogens with one attached hydrogen (secondary N) is 2. The zero-order chi connectivity index (χ0) is 18.4.